The Morgan fingerprint density at radius 2 is 1.97 bits per heavy atom. The molecule has 0 fully saturated rings. The number of aromatic nitrogens is 1. The summed E-state index contributed by atoms with van der Waals surface area (Å²) in [4.78, 5) is 4.25. The number of ether oxygens (including phenoxy) is 1. The van der Waals surface area contributed by atoms with Gasteiger partial charge in [0.1, 0.15) is 5.82 Å². The number of nitrogens with zero attached hydrogens (tertiary/aromatic N) is 2. The van der Waals surface area contributed by atoms with E-state index in [-0.39, 0.29) is 36.4 Å². The summed E-state index contributed by atoms with van der Waals surface area (Å²) >= 11 is 0. The Hall–Kier alpha value is -2.13. The minimum Gasteiger partial charge on any atom is -0.380 e. The molecule has 29 heavy (non-hydrogen) atoms. The second kappa shape index (κ2) is 11.8. The van der Waals surface area contributed by atoms with Gasteiger partial charge in [0, 0.05) is 51.1 Å². The first kappa shape index (κ1) is 23.2. The first-order valence-corrected chi connectivity index (χ1v) is 9.46. The van der Waals surface area contributed by atoms with Crippen molar-refractivity contribution in [3.05, 3.63) is 71.7 Å². The van der Waals surface area contributed by atoms with Gasteiger partial charge in [-0.25, -0.2) is 4.39 Å². The lowest BCUT2D eigenvalue weighted by Crippen LogP contribution is -2.37. The summed E-state index contributed by atoms with van der Waals surface area (Å²) in [6.07, 6.45) is 3.11. The van der Waals surface area contributed by atoms with E-state index in [1.165, 1.54) is 17.0 Å². The summed E-state index contributed by atoms with van der Waals surface area (Å²) in [6, 6.07) is 15.6. The van der Waals surface area contributed by atoms with Gasteiger partial charge in [-0.05, 0) is 41.6 Å². The third kappa shape index (κ3) is 6.43. The van der Waals surface area contributed by atoms with Gasteiger partial charge in [-0.15, -0.1) is 24.0 Å². The summed E-state index contributed by atoms with van der Waals surface area (Å²) in [6.45, 7) is 2.58. The lowest BCUT2D eigenvalue weighted by atomic mass is 10.1. The Bertz CT molecular complexity index is 941. The van der Waals surface area contributed by atoms with Crippen LogP contribution in [0.25, 0.3) is 10.9 Å². The number of halogens is 2. The Morgan fingerprint density at radius 3 is 2.76 bits per heavy atom. The van der Waals surface area contributed by atoms with Crippen molar-refractivity contribution in [2.75, 3.05) is 20.7 Å². The third-order valence-electron chi connectivity index (χ3n) is 4.64. The second-order valence-corrected chi connectivity index (χ2v) is 6.63. The summed E-state index contributed by atoms with van der Waals surface area (Å²) in [5, 5.41) is 7.86. The molecule has 2 aromatic carbocycles. The number of hydrogen-bond donors (Lipinski definition) is 2. The summed E-state index contributed by atoms with van der Waals surface area (Å²) in [5.41, 5.74) is 2.80. The number of aryl methyl sites for hydroxylation is 1. The van der Waals surface area contributed by atoms with Gasteiger partial charge in [0.25, 0.3) is 0 Å². The lowest BCUT2D eigenvalue weighted by Gasteiger charge is -2.13. The molecule has 0 saturated heterocycles. The molecule has 0 aliphatic heterocycles. The summed E-state index contributed by atoms with van der Waals surface area (Å²) in [5.74, 6) is 0.487. The zero-order valence-electron chi connectivity index (χ0n) is 16.8. The van der Waals surface area contributed by atoms with E-state index in [1.807, 2.05) is 6.07 Å². The highest BCUT2D eigenvalue weighted by Gasteiger charge is 2.05. The lowest BCUT2D eigenvalue weighted by molar-refractivity contribution is 0.181. The Balaban J connectivity index is 0.00000300. The fourth-order valence-corrected chi connectivity index (χ4v) is 3.20. The van der Waals surface area contributed by atoms with Crippen LogP contribution in [0.1, 0.15) is 17.5 Å². The third-order valence-corrected chi connectivity index (χ3v) is 4.64. The van der Waals surface area contributed by atoms with E-state index >= 15 is 0 Å². The number of aliphatic imine (C=N–C) groups is 1. The van der Waals surface area contributed by atoms with E-state index in [1.54, 1.807) is 20.2 Å². The molecule has 0 amide bonds. The average molecular weight is 510 g/mol. The van der Waals surface area contributed by atoms with Crippen LogP contribution >= 0.6 is 24.0 Å². The van der Waals surface area contributed by atoms with Crippen molar-refractivity contribution in [2.45, 2.75) is 26.1 Å². The maximum atomic E-state index is 13.7. The van der Waals surface area contributed by atoms with Crippen LogP contribution in [0, 0.1) is 5.82 Å². The van der Waals surface area contributed by atoms with Gasteiger partial charge in [0.2, 0.25) is 0 Å². The molecule has 0 radical (unpaired) electrons. The van der Waals surface area contributed by atoms with Crippen LogP contribution in [0.2, 0.25) is 0 Å². The van der Waals surface area contributed by atoms with Crippen molar-refractivity contribution in [3.63, 3.8) is 0 Å². The van der Waals surface area contributed by atoms with Crippen molar-refractivity contribution in [1.82, 2.24) is 15.2 Å². The Morgan fingerprint density at radius 1 is 1.14 bits per heavy atom. The van der Waals surface area contributed by atoms with Crippen LogP contribution in [0.5, 0.6) is 0 Å². The zero-order valence-corrected chi connectivity index (χ0v) is 19.2. The minimum absolute atomic E-state index is 0. The predicted molar refractivity (Wildman–Crippen MR) is 127 cm³/mol. The molecule has 1 aromatic heterocycles. The molecule has 0 aliphatic carbocycles. The van der Waals surface area contributed by atoms with Crippen LogP contribution in [0.15, 0.2) is 59.7 Å². The van der Waals surface area contributed by atoms with E-state index in [0.717, 1.165) is 31.0 Å². The molecule has 1 heterocycles. The van der Waals surface area contributed by atoms with Gasteiger partial charge in [-0.1, -0.05) is 24.3 Å². The van der Waals surface area contributed by atoms with E-state index in [4.69, 9.17) is 4.74 Å². The molecule has 0 spiro atoms. The molecular formula is C22H28FIN4O. The van der Waals surface area contributed by atoms with Crippen molar-refractivity contribution in [1.29, 1.82) is 0 Å². The molecular weight excluding hydrogens is 482 g/mol. The fourth-order valence-electron chi connectivity index (χ4n) is 3.20. The molecule has 0 atom stereocenters. The number of rotatable bonds is 8. The first-order chi connectivity index (χ1) is 13.7. The summed E-state index contributed by atoms with van der Waals surface area (Å²) < 4.78 is 21.0. The van der Waals surface area contributed by atoms with Gasteiger partial charge in [0.05, 0.1) is 6.61 Å². The van der Waals surface area contributed by atoms with E-state index in [2.05, 4.69) is 56.7 Å². The van der Waals surface area contributed by atoms with E-state index < -0.39 is 0 Å². The van der Waals surface area contributed by atoms with Gasteiger partial charge in [0.15, 0.2) is 5.96 Å². The number of hydrogen-bond acceptors (Lipinski definition) is 2. The predicted octanol–water partition coefficient (Wildman–Crippen LogP) is 4.30. The topological polar surface area (TPSA) is 50.6 Å². The molecule has 3 aromatic rings. The normalized spacial score (nSPS) is 11.3. The fraction of sp³-hybridized carbons (Fsp3) is 0.318. The van der Waals surface area contributed by atoms with Crippen molar-refractivity contribution in [2.24, 2.45) is 4.99 Å². The molecule has 2 N–H and O–H groups in total. The maximum Gasteiger partial charge on any atom is 0.191 e. The standard InChI is InChI=1S/C22H27FN4O.HI/c1-24-22(26-15-17-8-9-20(23)19(14-17)16-28-2)25-11-5-12-27-13-10-18-6-3-4-7-21(18)27;/h3-4,6-10,13-14H,5,11-12,15-16H2,1-2H3,(H2,24,25,26);1H. The molecule has 0 bridgehead atoms. The number of guanidine groups is 1. The van der Waals surface area contributed by atoms with Crippen LogP contribution < -0.4 is 10.6 Å². The number of nitrogens with one attached hydrogen (secondary N) is 2. The molecule has 156 valence electrons. The number of methoxy groups -OCH3 is 1. The molecule has 0 saturated carbocycles. The minimum atomic E-state index is -0.245. The van der Waals surface area contributed by atoms with Gasteiger partial charge in [-0.2, -0.15) is 0 Å². The molecule has 7 heteroatoms. The van der Waals surface area contributed by atoms with Crippen LogP contribution in [0.4, 0.5) is 4.39 Å². The van der Waals surface area contributed by atoms with E-state index in [0.29, 0.717) is 12.1 Å². The van der Waals surface area contributed by atoms with Gasteiger partial charge in [-0.3, -0.25) is 4.99 Å². The average Bonchev–Trinajstić information content (AvgIpc) is 3.13. The summed E-state index contributed by atoms with van der Waals surface area (Å²) in [7, 11) is 3.31. The molecule has 0 unspecified atom stereocenters. The Labute approximate surface area is 188 Å². The Kier molecular flexibility index (Phi) is 9.40. The highest BCUT2D eigenvalue weighted by atomic mass is 127. The monoisotopic (exact) mass is 510 g/mol. The SMILES string of the molecule is CN=C(NCCCn1ccc2ccccc21)NCc1ccc(F)c(COC)c1.I. The number of fused-ring (bicyclic) bond motifs is 1. The second-order valence-electron chi connectivity index (χ2n) is 6.63. The highest BCUT2D eigenvalue weighted by Crippen LogP contribution is 2.15. The highest BCUT2D eigenvalue weighted by molar-refractivity contribution is 14.0. The van der Waals surface area contributed by atoms with Crippen molar-refractivity contribution >= 4 is 40.8 Å². The number of para-hydroxylation sites is 1. The first-order valence-electron chi connectivity index (χ1n) is 9.46. The quantitative estimate of drug-likeness (QED) is 0.206. The number of benzene rings is 2. The van der Waals surface area contributed by atoms with Crippen molar-refractivity contribution < 1.29 is 9.13 Å². The molecule has 3 rings (SSSR count). The largest absolute Gasteiger partial charge is 0.380 e. The molecule has 0 aliphatic rings. The van der Waals surface area contributed by atoms with Crippen LogP contribution in [-0.2, 0) is 24.4 Å². The smallest absolute Gasteiger partial charge is 0.191 e. The van der Waals surface area contributed by atoms with E-state index in [9.17, 15) is 4.39 Å². The van der Waals surface area contributed by atoms with Gasteiger partial charge >= 0.3 is 0 Å². The molecule has 5 nitrogen and oxygen atoms in total. The van der Waals surface area contributed by atoms with Gasteiger partial charge < -0.3 is 19.9 Å². The zero-order chi connectivity index (χ0) is 19.8. The van der Waals surface area contributed by atoms with Crippen LogP contribution in [0.3, 0.4) is 0 Å². The van der Waals surface area contributed by atoms with Crippen molar-refractivity contribution in [3.8, 4) is 0 Å². The maximum absolute atomic E-state index is 13.7. The van der Waals surface area contributed by atoms with Crippen LogP contribution in [-0.4, -0.2) is 31.2 Å².